The Hall–Kier alpha value is -2.67. The number of carbonyl (C=O) groups is 3. The minimum Gasteiger partial charge on any atom is -0.427 e. The lowest BCUT2D eigenvalue weighted by Gasteiger charge is -2.32. The molecule has 1 saturated heterocycles. The lowest BCUT2D eigenvalue weighted by molar-refractivity contribution is -0.133. The van der Waals surface area contributed by atoms with Crippen LogP contribution in [0.5, 0.6) is 5.75 Å². The molecule has 30 heavy (non-hydrogen) atoms. The van der Waals surface area contributed by atoms with Crippen molar-refractivity contribution in [1.82, 2.24) is 10.2 Å². The van der Waals surface area contributed by atoms with E-state index in [1.807, 2.05) is 29.2 Å². The number of likely N-dealkylation sites (tertiary alicyclic amines) is 1. The molecule has 1 aliphatic rings. The largest absolute Gasteiger partial charge is 0.427 e. The van der Waals surface area contributed by atoms with Gasteiger partial charge in [0, 0.05) is 42.5 Å². The van der Waals surface area contributed by atoms with Gasteiger partial charge in [-0.15, -0.1) is 0 Å². The molecule has 0 aromatic heterocycles. The molecule has 2 aromatic carbocycles. The Kier molecular flexibility index (Phi) is 7.63. The van der Waals surface area contributed by atoms with Crippen LogP contribution in [0.4, 0.5) is 0 Å². The zero-order valence-corrected chi connectivity index (χ0v) is 18.5. The van der Waals surface area contributed by atoms with Crippen molar-refractivity contribution in [1.29, 1.82) is 0 Å². The Morgan fingerprint density at radius 2 is 1.83 bits per heavy atom. The SMILES string of the molecule is CC(=O)Oc1cccc(C(=O)NC2CCN(C(=O)CCc3ccccc3Br)CC2)c1. The van der Waals surface area contributed by atoms with Gasteiger partial charge in [-0.2, -0.15) is 0 Å². The van der Waals surface area contributed by atoms with E-state index in [0.717, 1.165) is 22.9 Å². The number of aryl methyl sites for hydroxylation is 1. The van der Waals surface area contributed by atoms with Crippen molar-refractivity contribution < 1.29 is 19.1 Å². The van der Waals surface area contributed by atoms with Crippen LogP contribution in [0.15, 0.2) is 53.0 Å². The number of benzene rings is 2. The summed E-state index contributed by atoms with van der Waals surface area (Å²) in [5, 5.41) is 3.02. The molecule has 1 heterocycles. The molecular weight excluding hydrogens is 448 g/mol. The molecular formula is C23H25BrN2O4. The number of carbonyl (C=O) groups excluding carboxylic acids is 3. The number of esters is 1. The number of hydrogen-bond acceptors (Lipinski definition) is 4. The second kappa shape index (κ2) is 10.4. The van der Waals surface area contributed by atoms with E-state index in [1.165, 1.54) is 6.92 Å². The predicted octanol–water partition coefficient (Wildman–Crippen LogP) is 3.73. The number of halogens is 1. The summed E-state index contributed by atoms with van der Waals surface area (Å²) in [5.41, 5.74) is 1.57. The summed E-state index contributed by atoms with van der Waals surface area (Å²) in [4.78, 5) is 38.0. The summed E-state index contributed by atoms with van der Waals surface area (Å²) in [7, 11) is 0. The maximum absolute atomic E-state index is 12.5. The summed E-state index contributed by atoms with van der Waals surface area (Å²) in [6.07, 6.45) is 2.62. The first-order valence-corrected chi connectivity index (χ1v) is 10.8. The average molecular weight is 473 g/mol. The molecule has 0 bridgehead atoms. The molecule has 0 atom stereocenters. The van der Waals surface area contributed by atoms with Crippen molar-refractivity contribution >= 4 is 33.7 Å². The fourth-order valence-corrected chi connectivity index (χ4v) is 3.99. The van der Waals surface area contributed by atoms with Crippen LogP contribution in [0.1, 0.15) is 42.1 Å². The first-order valence-electron chi connectivity index (χ1n) is 10.0. The normalized spacial score (nSPS) is 14.3. The van der Waals surface area contributed by atoms with Crippen LogP contribution >= 0.6 is 15.9 Å². The minimum absolute atomic E-state index is 0.0159. The van der Waals surface area contributed by atoms with Crippen LogP contribution in [0.3, 0.4) is 0 Å². The van der Waals surface area contributed by atoms with Crippen LogP contribution in [0, 0.1) is 0 Å². The van der Waals surface area contributed by atoms with Gasteiger partial charge in [-0.05, 0) is 49.1 Å². The molecule has 0 saturated carbocycles. The van der Waals surface area contributed by atoms with Crippen molar-refractivity contribution in [2.75, 3.05) is 13.1 Å². The van der Waals surface area contributed by atoms with Gasteiger partial charge in [0.05, 0.1) is 0 Å². The summed E-state index contributed by atoms with van der Waals surface area (Å²) in [6.45, 7) is 2.58. The van der Waals surface area contributed by atoms with Gasteiger partial charge in [-0.25, -0.2) is 0 Å². The number of nitrogens with one attached hydrogen (secondary N) is 1. The molecule has 3 rings (SSSR count). The van der Waals surface area contributed by atoms with E-state index in [1.54, 1.807) is 24.3 Å². The van der Waals surface area contributed by atoms with Gasteiger partial charge in [0.25, 0.3) is 5.91 Å². The van der Waals surface area contributed by atoms with Gasteiger partial charge in [0.1, 0.15) is 5.75 Å². The van der Waals surface area contributed by atoms with Crippen molar-refractivity contribution in [3.8, 4) is 5.75 Å². The van der Waals surface area contributed by atoms with Crippen molar-refractivity contribution in [2.45, 2.75) is 38.6 Å². The van der Waals surface area contributed by atoms with Crippen molar-refractivity contribution in [3.63, 3.8) is 0 Å². The second-order valence-electron chi connectivity index (χ2n) is 7.34. The van der Waals surface area contributed by atoms with Crippen molar-refractivity contribution in [3.05, 3.63) is 64.1 Å². The quantitative estimate of drug-likeness (QED) is 0.513. The van der Waals surface area contributed by atoms with E-state index in [2.05, 4.69) is 21.2 Å². The molecule has 0 radical (unpaired) electrons. The smallest absolute Gasteiger partial charge is 0.308 e. The first kappa shape index (κ1) is 22.0. The van der Waals surface area contributed by atoms with Crippen LogP contribution in [0.25, 0.3) is 0 Å². The van der Waals surface area contributed by atoms with E-state index in [0.29, 0.717) is 37.2 Å². The third kappa shape index (κ3) is 6.16. The number of piperidine rings is 1. The fraction of sp³-hybridized carbons (Fsp3) is 0.348. The number of nitrogens with zero attached hydrogens (tertiary/aromatic N) is 1. The number of amides is 2. The van der Waals surface area contributed by atoms with Gasteiger partial charge in [-0.3, -0.25) is 14.4 Å². The molecule has 0 aliphatic carbocycles. The van der Waals surface area contributed by atoms with E-state index in [9.17, 15) is 14.4 Å². The average Bonchev–Trinajstić information content (AvgIpc) is 2.73. The van der Waals surface area contributed by atoms with E-state index in [-0.39, 0.29) is 17.9 Å². The molecule has 158 valence electrons. The zero-order valence-electron chi connectivity index (χ0n) is 16.9. The van der Waals surface area contributed by atoms with E-state index in [4.69, 9.17) is 4.74 Å². The van der Waals surface area contributed by atoms with Crippen LogP contribution in [-0.4, -0.2) is 41.8 Å². The van der Waals surface area contributed by atoms with E-state index >= 15 is 0 Å². The van der Waals surface area contributed by atoms with Crippen LogP contribution in [-0.2, 0) is 16.0 Å². The summed E-state index contributed by atoms with van der Waals surface area (Å²) in [5.74, 6) is -0.142. The highest BCUT2D eigenvalue weighted by atomic mass is 79.9. The standard InChI is InChI=1S/C23H25BrN2O4/c1-16(27)30-20-7-4-6-18(15-20)23(29)25-19-11-13-26(14-12-19)22(28)10-9-17-5-2-3-8-21(17)24/h2-8,15,19H,9-14H2,1H3,(H,25,29). The summed E-state index contributed by atoms with van der Waals surface area (Å²) >= 11 is 3.52. The number of hydrogen-bond donors (Lipinski definition) is 1. The molecule has 7 heteroatoms. The molecule has 0 unspecified atom stereocenters. The predicted molar refractivity (Wildman–Crippen MR) is 117 cm³/mol. The topological polar surface area (TPSA) is 75.7 Å². The Morgan fingerprint density at radius 3 is 2.53 bits per heavy atom. The van der Waals surface area contributed by atoms with Gasteiger partial charge < -0.3 is 15.0 Å². The minimum atomic E-state index is -0.427. The molecule has 1 aliphatic heterocycles. The van der Waals surface area contributed by atoms with Crippen LogP contribution < -0.4 is 10.1 Å². The Balaban J connectivity index is 1.46. The third-order valence-corrected chi connectivity index (χ3v) is 5.88. The molecule has 6 nitrogen and oxygen atoms in total. The Labute approximate surface area is 184 Å². The molecule has 2 aromatic rings. The highest BCUT2D eigenvalue weighted by Crippen LogP contribution is 2.19. The number of ether oxygens (including phenoxy) is 1. The Morgan fingerprint density at radius 1 is 1.10 bits per heavy atom. The van der Waals surface area contributed by atoms with Gasteiger partial charge in [0.15, 0.2) is 0 Å². The zero-order chi connectivity index (χ0) is 21.5. The van der Waals surface area contributed by atoms with Crippen molar-refractivity contribution in [2.24, 2.45) is 0 Å². The molecule has 1 N–H and O–H groups in total. The molecule has 1 fully saturated rings. The summed E-state index contributed by atoms with van der Waals surface area (Å²) in [6, 6.07) is 14.5. The first-order chi connectivity index (χ1) is 14.4. The van der Waals surface area contributed by atoms with Gasteiger partial charge >= 0.3 is 5.97 Å². The van der Waals surface area contributed by atoms with E-state index < -0.39 is 5.97 Å². The fourth-order valence-electron chi connectivity index (χ4n) is 3.51. The van der Waals surface area contributed by atoms with Gasteiger partial charge in [0.2, 0.25) is 5.91 Å². The maximum Gasteiger partial charge on any atom is 0.308 e. The van der Waals surface area contributed by atoms with Gasteiger partial charge in [-0.1, -0.05) is 40.2 Å². The monoisotopic (exact) mass is 472 g/mol. The lowest BCUT2D eigenvalue weighted by atomic mass is 10.0. The highest BCUT2D eigenvalue weighted by Gasteiger charge is 2.24. The maximum atomic E-state index is 12.5. The molecule has 0 spiro atoms. The Bertz CT molecular complexity index is 923. The second-order valence-corrected chi connectivity index (χ2v) is 8.20. The third-order valence-electron chi connectivity index (χ3n) is 5.11. The molecule has 2 amide bonds. The van der Waals surface area contributed by atoms with Crippen LogP contribution in [0.2, 0.25) is 0 Å². The lowest BCUT2D eigenvalue weighted by Crippen LogP contribution is -2.46. The number of rotatable bonds is 6. The highest BCUT2D eigenvalue weighted by molar-refractivity contribution is 9.10. The summed E-state index contributed by atoms with van der Waals surface area (Å²) < 4.78 is 6.06.